The van der Waals surface area contributed by atoms with Crippen molar-refractivity contribution in [3.63, 3.8) is 0 Å². The molecule has 7 heteroatoms. The van der Waals surface area contributed by atoms with Gasteiger partial charge in [-0.05, 0) is 35.3 Å². The molecule has 0 radical (unpaired) electrons. The van der Waals surface area contributed by atoms with E-state index in [1.165, 1.54) is 0 Å². The summed E-state index contributed by atoms with van der Waals surface area (Å²) < 4.78 is 34.4. The lowest BCUT2D eigenvalue weighted by Crippen LogP contribution is -2.03. The summed E-state index contributed by atoms with van der Waals surface area (Å²) in [4.78, 5) is 12.4. The Morgan fingerprint density at radius 2 is 1.57 bits per heavy atom. The zero-order valence-corrected chi connectivity index (χ0v) is 8.07. The minimum absolute atomic E-state index is 0.664. The van der Waals surface area contributed by atoms with Crippen molar-refractivity contribution in [3.8, 4) is 0 Å². The number of halogens is 5. The molecule has 0 unspecified atom stereocenters. The Bertz CT molecular complexity index is 285. The lowest BCUT2D eigenvalue weighted by atomic mass is 10.3. The first-order valence-electron chi connectivity index (χ1n) is 3.16. The van der Waals surface area contributed by atoms with E-state index >= 15 is 0 Å². The molecule has 14 heavy (non-hydrogen) atoms. The molecule has 1 aromatic heterocycles. The molecular weight excluding hydrogens is 242 g/mol. The van der Waals surface area contributed by atoms with Crippen molar-refractivity contribution in [2.24, 2.45) is 0 Å². The lowest BCUT2D eigenvalue weighted by Gasteiger charge is -2.03. The molecule has 1 heterocycles. The highest BCUT2D eigenvalue weighted by Gasteiger charge is 2.29. The number of hydrogen-bond donors (Lipinski definition) is 0. The van der Waals surface area contributed by atoms with Crippen molar-refractivity contribution >= 4 is 27.9 Å². The third kappa shape index (κ3) is 6.68. The van der Waals surface area contributed by atoms with E-state index in [0.717, 1.165) is 24.5 Å². The van der Waals surface area contributed by atoms with Crippen molar-refractivity contribution in [3.05, 3.63) is 30.1 Å². The average molecular weight is 246 g/mol. The van der Waals surface area contributed by atoms with Crippen LogP contribution in [0.2, 0.25) is 0 Å². The first-order chi connectivity index (χ1) is 6.34. The fourth-order valence-corrected chi connectivity index (χ4v) is 0.541. The fraction of sp³-hybridized carbons (Fsp3) is 0.143. The number of hydrogen-bond acceptors (Lipinski definition) is 2. The van der Waals surface area contributed by atoms with Crippen LogP contribution in [0.25, 0.3) is 0 Å². The van der Waals surface area contributed by atoms with Crippen molar-refractivity contribution in [2.75, 3.05) is 0 Å². The predicted octanol–water partition coefficient (Wildman–Crippen LogP) is 3.68. The van der Waals surface area contributed by atoms with Crippen LogP contribution in [0.4, 0.5) is 18.0 Å². The van der Waals surface area contributed by atoms with Crippen molar-refractivity contribution in [1.29, 1.82) is 0 Å². The van der Waals surface area contributed by atoms with Gasteiger partial charge in [0, 0.05) is 12.4 Å². The lowest BCUT2D eigenvalue weighted by molar-refractivity contribution is -0.137. The maximum atomic E-state index is 11.8. The molecule has 2 nitrogen and oxygen atoms in total. The van der Waals surface area contributed by atoms with E-state index in [-0.39, 0.29) is 0 Å². The molecule has 0 spiro atoms. The average Bonchev–Trinajstić information content (AvgIpc) is 2.03. The van der Waals surface area contributed by atoms with E-state index in [2.05, 4.69) is 28.2 Å². The Kier molecular flexibility index (Phi) is 5.49. The Hall–Kier alpha value is -0.810. The highest BCUT2D eigenvalue weighted by atomic mass is 35.5. The Labute approximate surface area is 87.7 Å². The minimum Gasteiger partial charge on any atom is -0.265 e. The summed E-state index contributed by atoms with van der Waals surface area (Å²) in [5.41, 5.74) is -0.664. The molecule has 0 fully saturated rings. The molecule has 0 aliphatic heterocycles. The van der Waals surface area contributed by atoms with E-state index in [1.54, 1.807) is 0 Å². The second-order valence-electron chi connectivity index (χ2n) is 1.96. The first-order valence-corrected chi connectivity index (χ1v) is 3.92. The quantitative estimate of drug-likeness (QED) is 0.653. The second-order valence-corrected chi connectivity index (χ2v) is 2.84. The van der Waals surface area contributed by atoms with Gasteiger partial charge in [-0.1, -0.05) is 0 Å². The molecule has 1 aromatic rings. The van der Waals surface area contributed by atoms with Gasteiger partial charge in [-0.25, -0.2) is 0 Å². The summed E-state index contributed by atoms with van der Waals surface area (Å²) in [5.74, 6) is 0. The number of alkyl halides is 3. The van der Waals surface area contributed by atoms with Crippen LogP contribution in [-0.4, -0.2) is 9.69 Å². The summed E-state index contributed by atoms with van der Waals surface area (Å²) in [6.45, 7) is 0. The van der Waals surface area contributed by atoms with Gasteiger partial charge in [0.15, 0.2) is 0 Å². The van der Waals surface area contributed by atoms with Gasteiger partial charge in [-0.3, -0.25) is 9.78 Å². The number of carbonyl (C=O) groups is 1. The molecule has 0 saturated carbocycles. The van der Waals surface area contributed by atoms with Gasteiger partial charge in [0.25, 0.3) is 0 Å². The molecule has 0 amide bonds. The summed E-state index contributed by atoms with van der Waals surface area (Å²) in [7, 11) is 0. The van der Waals surface area contributed by atoms with E-state index in [1.807, 2.05) is 0 Å². The van der Waals surface area contributed by atoms with Crippen LogP contribution >= 0.6 is 23.2 Å². The number of pyridine rings is 1. The Balaban J connectivity index is 0.000000364. The molecule has 0 atom stereocenters. The number of nitrogens with zero attached hydrogens (tertiary/aromatic N) is 1. The van der Waals surface area contributed by atoms with E-state index in [0.29, 0.717) is 0 Å². The van der Waals surface area contributed by atoms with Gasteiger partial charge in [0.2, 0.25) is 0 Å². The van der Waals surface area contributed by atoms with Gasteiger partial charge in [0.1, 0.15) is 0 Å². The zero-order valence-electron chi connectivity index (χ0n) is 6.55. The van der Waals surface area contributed by atoms with Crippen molar-refractivity contribution < 1.29 is 18.0 Å². The third-order valence-electron chi connectivity index (χ3n) is 1.01. The molecule has 0 N–H and O–H groups in total. The van der Waals surface area contributed by atoms with Crippen LogP contribution in [0.5, 0.6) is 0 Å². The summed E-state index contributed by atoms with van der Waals surface area (Å²) >= 11 is 8.80. The van der Waals surface area contributed by atoms with Crippen molar-refractivity contribution in [1.82, 2.24) is 4.98 Å². The zero-order chi connectivity index (χ0) is 11.2. The van der Waals surface area contributed by atoms with Crippen molar-refractivity contribution in [2.45, 2.75) is 6.18 Å². The topological polar surface area (TPSA) is 30.0 Å². The summed E-state index contributed by atoms with van der Waals surface area (Å²) in [6.07, 6.45) is -2.02. The standard InChI is InChI=1S/C6H4F3N.CCl2O/c7-6(8,9)5-1-3-10-4-2-5;2-1(3)4/h1-4H;. The molecule has 0 bridgehead atoms. The molecular formula is C7H4Cl2F3NO. The number of aromatic nitrogens is 1. The molecule has 1 rings (SSSR count). The SMILES string of the molecule is FC(F)(F)c1ccncc1.O=C(Cl)Cl. The largest absolute Gasteiger partial charge is 0.416 e. The van der Waals surface area contributed by atoms with Crippen LogP contribution < -0.4 is 0 Å². The number of rotatable bonds is 0. The Morgan fingerprint density at radius 3 is 1.79 bits per heavy atom. The highest BCUT2D eigenvalue weighted by Crippen LogP contribution is 2.27. The van der Waals surface area contributed by atoms with Crippen LogP contribution in [0.1, 0.15) is 5.56 Å². The normalized spacial score (nSPS) is 10.1. The predicted molar refractivity (Wildman–Crippen MR) is 46.3 cm³/mol. The van der Waals surface area contributed by atoms with Gasteiger partial charge < -0.3 is 0 Å². The molecule has 0 saturated heterocycles. The van der Waals surface area contributed by atoms with Crippen LogP contribution in [-0.2, 0) is 6.18 Å². The highest BCUT2D eigenvalue weighted by molar-refractivity contribution is 6.93. The van der Waals surface area contributed by atoms with E-state index in [4.69, 9.17) is 4.79 Å². The molecule has 0 aliphatic carbocycles. The van der Waals surface area contributed by atoms with Crippen LogP contribution in [0.3, 0.4) is 0 Å². The first kappa shape index (κ1) is 13.2. The van der Waals surface area contributed by atoms with Crippen LogP contribution in [0, 0.1) is 0 Å². The molecule has 0 aromatic carbocycles. The maximum Gasteiger partial charge on any atom is 0.416 e. The smallest absolute Gasteiger partial charge is 0.265 e. The monoisotopic (exact) mass is 245 g/mol. The van der Waals surface area contributed by atoms with E-state index < -0.39 is 16.4 Å². The fourth-order valence-electron chi connectivity index (χ4n) is 0.541. The Morgan fingerprint density at radius 1 is 1.21 bits per heavy atom. The maximum absolute atomic E-state index is 11.8. The van der Waals surface area contributed by atoms with Gasteiger partial charge >= 0.3 is 10.9 Å². The minimum atomic E-state index is -4.25. The summed E-state index contributed by atoms with van der Waals surface area (Å²) in [6, 6.07) is 1.86. The van der Waals surface area contributed by atoms with Gasteiger partial charge in [-0.2, -0.15) is 13.2 Å². The number of carbonyl (C=O) groups excluding carboxylic acids is 1. The van der Waals surface area contributed by atoms with Gasteiger partial charge in [0.05, 0.1) is 5.56 Å². The van der Waals surface area contributed by atoms with Crippen LogP contribution in [0.15, 0.2) is 24.5 Å². The van der Waals surface area contributed by atoms with E-state index in [9.17, 15) is 13.2 Å². The van der Waals surface area contributed by atoms with Gasteiger partial charge in [-0.15, -0.1) is 0 Å². The molecule has 0 aliphatic rings. The summed E-state index contributed by atoms with van der Waals surface area (Å²) in [5, 5.41) is 0. The molecule has 78 valence electrons. The second kappa shape index (κ2) is 5.82. The third-order valence-corrected chi connectivity index (χ3v) is 1.01.